The lowest BCUT2D eigenvalue weighted by Gasteiger charge is -2.29. The van der Waals surface area contributed by atoms with Gasteiger partial charge in [0.25, 0.3) is 0 Å². The fourth-order valence-corrected chi connectivity index (χ4v) is 5.50. The number of phenolic OH excluding ortho intramolecular Hbond substituents is 1. The molecule has 0 saturated carbocycles. The zero-order valence-electron chi connectivity index (χ0n) is 25.8. The van der Waals surface area contributed by atoms with Crippen molar-refractivity contribution < 1.29 is 24.3 Å². The highest BCUT2D eigenvalue weighted by Crippen LogP contribution is 2.20. The van der Waals surface area contributed by atoms with Gasteiger partial charge in [-0.15, -0.1) is 0 Å². The molecule has 0 aromatic heterocycles. The van der Waals surface area contributed by atoms with Crippen molar-refractivity contribution in [3.05, 3.63) is 102 Å². The van der Waals surface area contributed by atoms with E-state index in [2.05, 4.69) is 16.0 Å². The highest BCUT2D eigenvalue weighted by Gasteiger charge is 2.38. The van der Waals surface area contributed by atoms with Crippen molar-refractivity contribution in [3.8, 4) is 5.75 Å². The lowest BCUT2D eigenvalue weighted by Crippen LogP contribution is -2.58. The molecule has 4 atom stereocenters. The molecule has 4 amide bonds. The van der Waals surface area contributed by atoms with E-state index >= 15 is 0 Å². The first-order valence-corrected chi connectivity index (χ1v) is 15.4. The first-order valence-electron chi connectivity index (χ1n) is 15.4. The molecular weight excluding hydrogens is 570 g/mol. The van der Waals surface area contributed by atoms with Crippen LogP contribution in [0.3, 0.4) is 0 Å². The van der Waals surface area contributed by atoms with E-state index in [4.69, 9.17) is 5.73 Å². The van der Waals surface area contributed by atoms with Gasteiger partial charge in [0.2, 0.25) is 23.6 Å². The van der Waals surface area contributed by atoms with E-state index in [-0.39, 0.29) is 36.3 Å². The molecule has 0 spiro atoms. The molecule has 1 fully saturated rings. The second-order valence-electron chi connectivity index (χ2n) is 11.9. The van der Waals surface area contributed by atoms with Gasteiger partial charge in [0, 0.05) is 19.5 Å². The number of hydrogen-bond acceptors (Lipinski definition) is 6. The van der Waals surface area contributed by atoms with Crippen LogP contribution in [0, 0.1) is 5.92 Å². The van der Waals surface area contributed by atoms with Crippen molar-refractivity contribution in [2.45, 2.75) is 70.2 Å². The second-order valence-corrected chi connectivity index (χ2v) is 11.9. The summed E-state index contributed by atoms with van der Waals surface area (Å²) in [6.45, 7) is 4.40. The molecule has 3 aromatic carbocycles. The lowest BCUT2D eigenvalue weighted by molar-refractivity contribution is -0.140. The number of nitrogens with two attached hydrogens (primary N) is 1. The Morgan fingerprint density at radius 3 is 2.04 bits per heavy atom. The molecule has 0 radical (unpaired) electrons. The number of phenols is 1. The van der Waals surface area contributed by atoms with Crippen molar-refractivity contribution in [2.24, 2.45) is 11.7 Å². The minimum Gasteiger partial charge on any atom is -0.508 e. The van der Waals surface area contributed by atoms with Crippen LogP contribution < -0.4 is 21.7 Å². The van der Waals surface area contributed by atoms with Gasteiger partial charge >= 0.3 is 0 Å². The third-order valence-corrected chi connectivity index (χ3v) is 8.02. The van der Waals surface area contributed by atoms with Gasteiger partial charge in [-0.05, 0) is 54.0 Å². The van der Waals surface area contributed by atoms with Crippen molar-refractivity contribution in [1.29, 1.82) is 0 Å². The molecule has 0 unspecified atom stereocenters. The van der Waals surface area contributed by atoms with Crippen LogP contribution in [-0.4, -0.2) is 64.3 Å². The quantitative estimate of drug-likeness (QED) is 0.200. The highest BCUT2D eigenvalue weighted by molar-refractivity contribution is 5.95. The third kappa shape index (κ3) is 9.39. The predicted molar refractivity (Wildman–Crippen MR) is 172 cm³/mol. The van der Waals surface area contributed by atoms with Gasteiger partial charge in [0.1, 0.15) is 23.9 Å². The van der Waals surface area contributed by atoms with Crippen LogP contribution in [0.1, 0.15) is 43.4 Å². The molecule has 1 aliphatic rings. The monoisotopic (exact) mass is 613 g/mol. The molecule has 10 heteroatoms. The number of benzene rings is 3. The van der Waals surface area contributed by atoms with Crippen LogP contribution in [0.4, 0.5) is 0 Å². The Morgan fingerprint density at radius 2 is 1.42 bits per heavy atom. The van der Waals surface area contributed by atoms with Crippen molar-refractivity contribution in [1.82, 2.24) is 20.9 Å². The molecule has 45 heavy (non-hydrogen) atoms. The molecular formula is C35H43N5O5. The minimum absolute atomic E-state index is 0.122. The number of hydrogen-bond donors (Lipinski definition) is 5. The Morgan fingerprint density at radius 1 is 0.822 bits per heavy atom. The largest absolute Gasteiger partial charge is 0.508 e. The van der Waals surface area contributed by atoms with Crippen molar-refractivity contribution >= 4 is 23.6 Å². The maximum absolute atomic E-state index is 13.7. The molecule has 4 rings (SSSR count). The van der Waals surface area contributed by atoms with Crippen LogP contribution in [0.2, 0.25) is 0 Å². The predicted octanol–water partition coefficient (Wildman–Crippen LogP) is 2.44. The van der Waals surface area contributed by atoms with E-state index in [0.29, 0.717) is 25.9 Å². The maximum Gasteiger partial charge on any atom is 0.243 e. The van der Waals surface area contributed by atoms with Gasteiger partial charge in [-0.1, -0.05) is 86.6 Å². The molecule has 3 aromatic rings. The third-order valence-electron chi connectivity index (χ3n) is 8.02. The number of carbonyl (C=O) groups is 4. The summed E-state index contributed by atoms with van der Waals surface area (Å²) in [5.41, 5.74) is 8.83. The minimum atomic E-state index is -0.980. The van der Waals surface area contributed by atoms with Gasteiger partial charge in [-0.3, -0.25) is 19.2 Å². The topological polar surface area (TPSA) is 154 Å². The Hall–Kier alpha value is -4.70. The SMILES string of the molecule is CC(C)[C@@H](NC(=O)[C@H](Cc1ccccc1)NC(=O)[C@@H]1CCCN1C(=O)[C@@H](N)Cc1ccc(O)cc1)C(=O)NCc1ccccc1. The molecule has 1 aliphatic heterocycles. The Labute approximate surface area is 264 Å². The number of nitrogens with zero attached hydrogens (tertiary/aromatic N) is 1. The summed E-state index contributed by atoms with van der Waals surface area (Å²) in [7, 11) is 0. The number of likely N-dealkylation sites (tertiary alicyclic amines) is 1. The van der Waals surface area contributed by atoms with Crippen molar-refractivity contribution in [2.75, 3.05) is 6.54 Å². The average Bonchev–Trinajstić information content (AvgIpc) is 3.54. The summed E-state index contributed by atoms with van der Waals surface area (Å²) in [6.07, 6.45) is 1.53. The number of rotatable bonds is 13. The zero-order valence-corrected chi connectivity index (χ0v) is 25.8. The molecule has 1 heterocycles. The summed E-state index contributed by atoms with van der Waals surface area (Å²) in [5.74, 6) is -1.68. The van der Waals surface area contributed by atoms with Gasteiger partial charge in [-0.2, -0.15) is 0 Å². The average molecular weight is 614 g/mol. The van der Waals surface area contributed by atoms with E-state index < -0.39 is 36.0 Å². The zero-order chi connectivity index (χ0) is 32.3. The molecule has 0 aliphatic carbocycles. The number of nitrogens with one attached hydrogen (secondary N) is 3. The van der Waals surface area contributed by atoms with Crippen LogP contribution in [0.5, 0.6) is 5.75 Å². The Balaban J connectivity index is 1.44. The van der Waals surface area contributed by atoms with Gasteiger partial charge in [-0.25, -0.2) is 0 Å². The molecule has 238 valence electrons. The van der Waals surface area contributed by atoms with Crippen LogP contribution in [0.25, 0.3) is 0 Å². The smallest absolute Gasteiger partial charge is 0.243 e. The maximum atomic E-state index is 13.7. The number of amides is 4. The molecule has 6 N–H and O–H groups in total. The molecule has 10 nitrogen and oxygen atoms in total. The van der Waals surface area contributed by atoms with Crippen LogP contribution >= 0.6 is 0 Å². The molecule has 0 bridgehead atoms. The lowest BCUT2D eigenvalue weighted by atomic mass is 10.0. The van der Waals surface area contributed by atoms with Crippen LogP contribution in [-0.2, 0) is 38.6 Å². The summed E-state index contributed by atoms with van der Waals surface area (Å²) in [6, 6.07) is 21.8. The fourth-order valence-electron chi connectivity index (χ4n) is 5.50. The standard InChI is InChI=1S/C35H43N5O5/c1-23(2)31(34(44)37-22-26-12-7-4-8-13-26)39-32(42)29(21-24-10-5-3-6-11-24)38-33(43)30-14-9-19-40(30)35(45)28(36)20-25-15-17-27(41)18-16-25/h3-8,10-13,15-18,23,28-31,41H,9,14,19-22,36H2,1-2H3,(H,37,44)(H,38,43)(H,39,42)/t28-,29-,30-,31+/m0/s1. The van der Waals surface area contributed by atoms with Gasteiger partial charge in [0.05, 0.1) is 6.04 Å². The van der Waals surface area contributed by atoms with E-state index in [9.17, 15) is 24.3 Å². The number of aromatic hydroxyl groups is 1. The van der Waals surface area contributed by atoms with Gasteiger partial charge in [0.15, 0.2) is 0 Å². The normalized spacial score (nSPS) is 16.4. The van der Waals surface area contributed by atoms with Crippen molar-refractivity contribution in [3.63, 3.8) is 0 Å². The van der Waals surface area contributed by atoms with E-state index in [1.165, 1.54) is 17.0 Å². The van der Waals surface area contributed by atoms with E-state index in [0.717, 1.165) is 16.7 Å². The summed E-state index contributed by atoms with van der Waals surface area (Å²) >= 11 is 0. The highest BCUT2D eigenvalue weighted by atomic mass is 16.3. The summed E-state index contributed by atoms with van der Waals surface area (Å²) in [5, 5.41) is 18.2. The Bertz CT molecular complexity index is 1430. The fraction of sp³-hybridized carbons (Fsp3) is 0.371. The second kappa shape index (κ2) is 15.9. The first kappa shape index (κ1) is 33.2. The number of carbonyl (C=O) groups excluding carboxylic acids is 4. The summed E-state index contributed by atoms with van der Waals surface area (Å²) < 4.78 is 0. The van der Waals surface area contributed by atoms with E-state index in [1.807, 2.05) is 74.5 Å². The summed E-state index contributed by atoms with van der Waals surface area (Å²) in [4.78, 5) is 55.4. The van der Waals surface area contributed by atoms with Crippen LogP contribution in [0.15, 0.2) is 84.9 Å². The van der Waals surface area contributed by atoms with E-state index in [1.54, 1.807) is 12.1 Å². The van der Waals surface area contributed by atoms with Gasteiger partial charge < -0.3 is 31.7 Å². The molecule has 1 saturated heterocycles. The Kier molecular flexibility index (Phi) is 11.7. The first-order chi connectivity index (χ1) is 21.6.